The summed E-state index contributed by atoms with van der Waals surface area (Å²) in [5, 5.41) is 8.36. The van der Waals surface area contributed by atoms with Crippen LogP contribution in [0, 0.1) is 9.49 Å². The molecule has 5 N–H and O–H groups in total. The number of carbonyl (C=O) groups excluding carboxylic acids is 3. The molecule has 0 unspecified atom stereocenters. The van der Waals surface area contributed by atoms with Crippen LogP contribution in [0.3, 0.4) is 0 Å². The normalized spacial score (nSPS) is 13.6. The lowest BCUT2D eigenvalue weighted by atomic mass is 10.0. The zero-order chi connectivity index (χ0) is 24.4. The van der Waals surface area contributed by atoms with E-state index in [4.69, 9.17) is 5.73 Å². The van der Waals surface area contributed by atoms with Gasteiger partial charge < -0.3 is 21.7 Å². The number of nitrogens with two attached hydrogens (primary N) is 1. The van der Waals surface area contributed by atoms with Crippen LogP contribution in [-0.2, 0) is 27.3 Å². The average molecular weight is 564 g/mol. The quantitative estimate of drug-likeness (QED) is 0.314. The minimum absolute atomic E-state index is 0.265. The summed E-state index contributed by atoms with van der Waals surface area (Å²) >= 11 is 2.22. The largest absolute Gasteiger partial charge is 0.350 e. The van der Waals surface area contributed by atoms with Gasteiger partial charge in [0.25, 0.3) is 0 Å². The van der Waals surface area contributed by atoms with Crippen molar-refractivity contribution in [2.75, 3.05) is 0 Å². The molecule has 0 fully saturated rings. The van der Waals surface area contributed by atoms with Crippen LogP contribution in [0.4, 0.5) is 0 Å². The van der Waals surface area contributed by atoms with E-state index in [9.17, 15) is 14.4 Å². The van der Waals surface area contributed by atoms with Gasteiger partial charge in [0, 0.05) is 16.5 Å². The summed E-state index contributed by atoms with van der Waals surface area (Å²) in [6.07, 6.45) is 0.856. The van der Waals surface area contributed by atoms with Crippen molar-refractivity contribution in [2.24, 2.45) is 11.7 Å². The van der Waals surface area contributed by atoms with Gasteiger partial charge >= 0.3 is 0 Å². The highest BCUT2D eigenvalue weighted by molar-refractivity contribution is 14.1. The predicted molar refractivity (Wildman–Crippen MR) is 138 cm³/mol. The van der Waals surface area contributed by atoms with E-state index < -0.39 is 24.0 Å². The zero-order valence-electron chi connectivity index (χ0n) is 19.3. The van der Waals surface area contributed by atoms with Gasteiger partial charge in [-0.2, -0.15) is 0 Å². The van der Waals surface area contributed by atoms with Gasteiger partial charge in [-0.25, -0.2) is 0 Å². The molecule has 0 spiro atoms. The van der Waals surface area contributed by atoms with Crippen LogP contribution in [0.1, 0.15) is 38.3 Å². The zero-order valence-corrected chi connectivity index (χ0v) is 21.5. The van der Waals surface area contributed by atoms with E-state index in [0.29, 0.717) is 19.4 Å². The molecule has 0 heterocycles. The van der Waals surface area contributed by atoms with Crippen molar-refractivity contribution in [2.45, 2.75) is 58.3 Å². The second kappa shape index (κ2) is 13.3. The third-order valence-corrected chi connectivity index (χ3v) is 6.19. The van der Waals surface area contributed by atoms with Crippen LogP contribution in [0.2, 0.25) is 0 Å². The molecule has 2 aromatic carbocycles. The van der Waals surface area contributed by atoms with Crippen molar-refractivity contribution in [3.8, 4) is 0 Å². The SMILES string of the molecule is CC(C)C[C@@H](N)C(=O)N[C@@H](C)C(=O)N[C@H](Cc1ccccc1)C(=O)NCc1ccccc1I. The molecule has 0 saturated heterocycles. The van der Waals surface area contributed by atoms with Gasteiger partial charge in [-0.15, -0.1) is 0 Å². The first-order valence-electron chi connectivity index (χ1n) is 11.1. The molecule has 3 amide bonds. The second-order valence-electron chi connectivity index (χ2n) is 8.53. The summed E-state index contributed by atoms with van der Waals surface area (Å²) in [7, 11) is 0. The van der Waals surface area contributed by atoms with Crippen molar-refractivity contribution in [1.29, 1.82) is 0 Å². The fraction of sp³-hybridized carbons (Fsp3) is 0.400. The minimum atomic E-state index is -0.822. The number of carbonyl (C=O) groups is 3. The summed E-state index contributed by atoms with van der Waals surface area (Å²) in [4.78, 5) is 38.1. The number of halogens is 1. The minimum Gasteiger partial charge on any atom is -0.350 e. The van der Waals surface area contributed by atoms with Crippen molar-refractivity contribution in [3.05, 3.63) is 69.3 Å². The summed E-state index contributed by atoms with van der Waals surface area (Å²) in [5.74, 6) is -0.845. The molecule has 2 aromatic rings. The molecule has 7 nitrogen and oxygen atoms in total. The van der Waals surface area contributed by atoms with E-state index in [1.54, 1.807) is 6.92 Å². The third-order valence-electron chi connectivity index (χ3n) is 5.14. The van der Waals surface area contributed by atoms with Crippen LogP contribution < -0.4 is 21.7 Å². The van der Waals surface area contributed by atoms with Crippen LogP contribution >= 0.6 is 22.6 Å². The van der Waals surface area contributed by atoms with E-state index in [0.717, 1.165) is 14.7 Å². The standard InChI is InChI=1S/C25H33IN4O3/c1-16(2)13-21(27)24(32)29-17(3)23(31)30-22(14-18-9-5-4-6-10-18)25(33)28-15-19-11-7-8-12-20(19)26/h4-12,16-17,21-22H,13-15,27H2,1-3H3,(H,28,33)(H,29,32)(H,30,31)/t17-,21+,22+/m0/s1. The monoisotopic (exact) mass is 564 g/mol. The molecule has 0 aromatic heterocycles. The smallest absolute Gasteiger partial charge is 0.243 e. The molecule has 0 aliphatic carbocycles. The maximum Gasteiger partial charge on any atom is 0.243 e. The molecule has 0 aliphatic heterocycles. The molecule has 0 aliphatic rings. The van der Waals surface area contributed by atoms with Gasteiger partial charge in [-0.3, -0.25) is 14.4 Å². The second-order valence-corrected chi connectivity index (χ2v) is 9.69. The number of amides is 3. The van der Waals surface area contributed by atoms with Crippen molar-refractivity contribution >= 4 is 40.3 Å². The number of rotatable bonds is 11. The fourth-order valence-corrected chi connectivity index (χ4v) is 3.88. The topological polar surface area (TPSA) is 113 Å². The molecular formula is C25H33IN4O3. The highest BCUT2D eigenvalue weighted by atomic mass is 127. The summed E-state index contributed by atoms with van der Waals surface area (Å²) in [6, 6.07) is 15.0. The van der Waals surface area contributed by atoms with Crippen LogP contribution in [0.25, 0.3) is 0 Å². The van der Waals surface area contributed by atoms with Gasteiger partial charge in [-0.1, -0.05) is 62.4 Å². The highest BCUT2D eigenvalue weighted by Crippen LogP contribution is 2.11. The van der Waals surface area contributed by atoms with Crippen LogP contribution in [0.5, 0.6) is 0 Å². The first-order chi connectivity index (χ1) is 15.7. The van der Waals surface area contributed by atoms with Gasteiger partial charge in [0.15, 0.2) is 0 Å². The Bertz CT molecular complexity index is 936. The number of nitrogens with one attached hydrogen (secondary N) is 3. The van der Waals surface area contributed by atoms with E-state index in [2.05, 4.69) is 38.5 Å². The molecule has 8 heteroatoms. The maximum absolute atomic E-state index is 13.0. The van der Waals surface area contributed by atoms with Crippen molar-refractivity contribution in [3.63, 3.8) is 0 Å². The summed E-state index contributed by atoms with van der Waals surface area (Å²) in [5.41, 5.74) is 7.83. The van der Waals surface area contributed by atoms with Gasteiger partial charge in [0.1, 0.15) is 12.1 Å². The summed E-state index contributed by atoms with van der Waals surface area (Å²) < 4.78 is 1.05. The Morgan fingerprint density at radius 3 is 2.15 bits per heavy atom. The fourth-order valence-electron chi connectivity index (χ4n) is 3.30. The Morgan fingerprint density at radius 1 is 0.879 bits per heavy atom. The van der Waals surface area contributed by atoms with Crippen molar-refractivity contribution < 1.29 is 14.4 Å². The Kier molecular flexibility index (Phi) is 10.8. The number of hydrogen-bond donors (Lipinski definition) is 4. The lowest BCUT2D eigenvalue weighted by Gasteiger charge is -2.23. The molecule has 0 bridgehead atoms. The van der Waals surface area contributed by atoms with Gasteiger partial charge in [0.05, 0.1) is 6.04 Å². The molecule has 3 atom stereocenters. The van der Waals surface area contributed by atoms with E-state index in [1.165, 1.54) is 0 Å². The summed E-state index contributed by atoms with van der Waals surface area (Å²) in [6.45, 7) is 5.90. The Morgan fingerprint density at radius 2 is 1.52 bits per heavy atom. The third kappa shape index (κ3) is 9.13. The first-order valence-corrected chi connectivity index (χ1v) is 12.2. The molecule has 0 radical (unpaired) electrons. The maximum atomic E-state index is 13.0. The lowest BCUT2D eigenvalue weighted by Crippen LogP contribution is -2.55. The van der Waals surface area contributed by atoms with E-state index in [1.807, 2.05) is 68.4 Å². The Hall–Kier alpha value is -2.46. The van der Waals surface area contributed by atoms with E-state index in [-0.39, 0.29) is 17.7 Å². The molecule has 33 heavy (non-hydrogen) atoms. The van der Waals surface area contributed by atoms with Crippen LogP contribution in [0.15, 0.2) is 54.6 Å². The number of hydrogen-bond acceptors (Lipinski definition) is 4. The highest BCUT2D eigenvalue weighted by Gasteiger charge is 2.26. The van der Waals surface area contributed by atoms with Gasteiger partial charge in [-0.05, 0) is 59.0 Å². The lowest BCUT2D eigenvalue weighted by molar-refractivity contribution is -0.132. The van der Waals surface area contributed by atoms with Gasteiger partial charge in [0.2, 0.25) is 17.7 Å². The van der Waals surface area contributed by atoms with E-state index >= 15 is 0 Å². The molecule has 0 saturated carbocycles. The van der Waals surface area contributed by atoms with Crippen molar-refractivity contribution in [1.82, 2.24) is 16.0 Å². The average Bonchev–Trinajstić information content (AvgIpc) is 2.78. The van der Waals surface area contributed by atoms with Crippen LogP contribution in [-0.4, -0.2) is 35.8 Å². The molecular weight excluding hydrogens is 531 g/mol. The molecule has 2 rings (SSSR count). The Balaban J connectivity index is 2.04. The first kappa shape index (κ1) is 26.8. The predicted octanol–water partition coefficient (Wildman–Crippen LogP) is 2.51. The molecule has 178 valence electrons. The Labute approximate surface area is 209 Å². The number of benzene rings is 2.